The summed E-state index contributed by atoms with van der Waals surface area (Å²) in [5, 5.41) is 8.57. The van der Waals surface area contributed by atoms with Crippen molar-refractivity contribution >= 4 is 60.4 Å². The number of nitrogens with one attached hydrogen (secondary N) is 1. The number of aryl methyl sites for hydroxylation is 1. The molecule has 0 radical (unpaired) electrons. The highest BCUT2D eigenvalue weighted by Crippen LogP contribution is 2.34. The van der Waals surface area contributed by atoms with Gasteiger partial charge in [0.05, 0.1) is 11.4 Å². The normalized spacial score (nSPS) is 11.3. The van der Waals surface area contributed by atoms with Crippen molar-refractivity contribution in [1.29, 1.82) is 0 Å². The lowest BCUT2D eigenvalue weighted by Crippen LogP contribution is -2.11. The molecule has 5 rings (SSSR count). The summed E-state index contributed by atoms with van der Waals surface area (Å²) in [6.07, 6.45) is 1.93. The third-order valence-electron chi connectivity index (χ3n) is 5.13. The molecular formula is C24H20N4OS2. The van der Waals surface area contributed by atoms with Crippen LogP contribution in [0.3, 0.4) is 0 Å². The molecule has 7 heteroatoms. The number of amides is 1. The first kappa shape index (κ1) is 19.7. The van der Waals surface area contributed by atoms with Crippen LogP contribution in [0.5, 0.6) is 0 Å². The standard InChI is InChI=1S/C24H20N4OS2/c1-2-5-17-10-11-18-20(25)21(31-23(18)26-17)22(29)28-24-27-19(13-30-24)16-9-8-14-6-3-4-7-15(14)12-16/h3-4,6-13H,2,5,25H2,1H3,(H,27,28,29). The van der Waals surface area contributed by atoms with Gasteiger partial charge in [-0.25, -0.2) is 9.97 Å². The minimum atomic E-state index is -0.253. The molecule has 0 atom stereocenters. The number of benzene rings is 2. The highest BCUT2D eigenvalue weighted by atomic mass is 32.1. The molecule has 0 aliphatic carbocycles. The van der Waals surface area contributed by atoms with Crippen LogP contribution in [0, 0.1) is 0 Å². The molecule has 0 saturated heterocycles. The van der Waals surface area contributed by atoms with E-state index in [-0.39, 0.29) is 5.91 Å². The van der Waals surface area contributed by atoms with Gasteiger partial charge in [-0.05, 0) is 35.4 Å². The highest BCUT2D eigenvalue weighted by molar-refractivity contribution is 7.21. The van der Waals surface area contributed by atoms with E-state index in [2.05, 4.69) is 46.5 Å². The number of fused-ring (bicyclic) bond motifs is 2. The summed E-state index contributed by atoms with van der Waals surface area (Å²) in [7, 11) is 0. The Hall–Kier alpha value is -3.29. The van der Waals surface area contributed by atoms with E-state index in [1.54, 1.807) is 0 Å². The van der Waals surface area contributed by atoms with E-state index in [1.165, 1.54) is 28.1 Å². The lowest BCUT2D eigenvalue weighted by molar-refractivity contribution is 0.103. The quantitative estimate of drug-likeness (QED) is 0.330. The Bertz CT molecular complexity index is 1420. The molecule has 5 aromatic rings. The lowest BCUT2D eigenvalue weighted by atomic mass is 10.1. The van der Waals surface area contributed by atoms with Crippen LogP contribution in [0.15, 0.2) is 60.0 Å². The summed E-state index contributed by atoms with van der Waals surface area (Å²) in [4.78, 5) is 23.4. The molecule has 0 aliphatic rings. The van der Waals surface area contributed by atoms with Crippen molar-refractivity contribution < 1.29 is 4.79 Å². The maximum atomic E-state index is 12.9. The third kappa shape index (κ3) is 3.78. The Morgan fingerprint density at radius 1 is 1.06 bits per heavy atom. The van der Waals surface area contributed by atoms with Crippen LogP contribution < -0.4 is 11.1 Å². The van der Waals surface area contributed by atoms with Crippen LogP contribution in [0.1, 0.15) is 28.7 Å². The molecule has 0 fully saturated rings. The number of anilines is 2. The second-order valence-electron chi connectivity index (χ2n) is 7.30. The smallest absolute Gasteiger partial charge is 0.269 e. The Morgan fingerprint density at radius 3 is 2.74 bits per heavy atom. The van der Waals surface area contributed by atoms with Crippen LogP contribution in [0.25, 0.3) is 32.2 Å². The molecule has 3 N–H and O–H groups in total. The van der Waals surface area contributed by atoms with E-state index in [0.717, 1.165) is 45.4 Å². The van der Waals surface area contributed by atoms with E-state index < -0.39 is 0 Å². The van der Waals surface area contributed by atoms with E-state index >= 15 is 0 Å². The molecule has 3 heterocycles. The van der Waals surface area contributed by atoms with Gasteiger partial charge in [0.1, 0.15) is 9.71 Å². The number of rotatable bonds is 5. The molecular weight excluding hydrogens is 424 g/mol. The minimum absolute atomic E-state index is 0.253. The van der Waals surface area contributed by atoms with Gasteiger partial charge in [-0.2, -0.15) is 0 Å². The predicted molar refractivity (Wildman–Crippen MR) is 131 cm³/mol. The van der Waals surface area contributed by atoms with Crippen molar-refractivity contribution in [2.45, 2.75) is 19.8 Å². The van der Waals surface area contributed by atoms with Gasteiger partial charge in [0.2, 0.25) is 0 Å². The van der Waals surface area contributed by atoms with Gasteiger partial charge in [0.25, 0.3) is 5.91 Å². The number of carbonyl (C=O) groups excluding carboxylic acids is 1. The van der Waals surface area contributed by atoms with Crippen molar-refractivity contribution in [2.75, 3.05) is 11.1 Å². The van der Waals surface area contributed by atoms with Crippen molar-refractivity contribution in [1.82, 2.24) is 9.97 Å². The van der Waals surface area contributed by atoms with Crippen molar-refractivity contribution in [2.24, 2.45) is 0 Å². The monoisotopic (exact) mass is 444 g/mol. The number of carbonyl (C=O) groups is 1. The molecule has 0 aliphatic heterocycles. The van der Waals surface area contributed by atoms with Gasteiger partial charge in [-0.3, -0.25) is 10.1 Å². The first-order valence-corrected chi connectivity index (χ1v) is 11.8. The molecule has 154 valence electrons. The first-order chi connectivity index (χ1) is 15.1. The summed E-state index contributed by atoms with van der Waals surface area (Å²) >= 11 is 2.72. The highest BCUT2D eigenvalue weighted by Gasteiger charge is 2.19. The van der Waals surface area contributed by atoms with Crippen LogP contribution in [0.4, 0.5) is 10.8 Å². The average molecular weight is 445 g/mol. The molecule has 0 saturated carbocycles. The fourth-order valence-corrected chi connectivity index (χ4v) is 5.29. The molecule has 31 heavy (non-hydrogen) atoms. The van der Waals surface area contributed by atoms with Gasteiger partial charge in [0, 0.05) is 22.0 Å². The van der Waals surface area contributed by atoms with Crippen LogP contribution in [0.2, 0.25) is 0 Å². The fourth-order valence-electron chi connectivity index (χ4n) is 3.57. The Labute approximate surface area is 187 Å². The van der Waals surface area contributed by atoms with Crippen molar-refractivity contribution in [3.8, 4) is 11.3 Å². The topological polar surface area (TPSA) is 80.9 Å². The van der Waals surface area contributed by atoms with E-state index in [1.807, 2.05) is 35.7 Å². The SMILES string of the molecule is CCCc1ccc2c(N)c(C(=O)Nc3nc(-c4ccc5ccccc5c4)cs3)sc2n1. The molecule has 5 nitrogen and oxygen atoms in total. The molecule has 0 bridgehead atoms. The third-order valence-corrected chi connectivity index (χ3v) is 7.01. The van der Waals surface area contributed by atoms with Crippen LogP contribution in [-0.4, -0.2) is 15.9 Å². The van der Waals surface area contributed by atoms with Gasteiger partial charge < -0.3 is 5.73 Å². The maximum Gasteiger partial charge on any atom is 0.269 e. The van der Waals surface area contributed by atoms with E-state index in [0.29, 0.717) is 15.7 Å². The van der Waals surface area contributed by atoms with Crippen molar-refractivity contribution in [3.63, 3.8) is 0 Å². The molecule has 2 aromatic carbocycles. The second kappa shape index (κ2) is 8.09. The summed E-state index contributed by atoms with van der Waals surface area (Å²) in [6, 6.07) is 18.4. The number of thiazole rings is 1. The van der Waals surface area contributed by atoms with Gasteiger partial charge in [-0.15, -0.1) is 22.7 Å². The zero-order valence-corrected chi connectivity index (χ0v) is 18.5. The largest absolute Gasteiger partial charge is 0.397 e. The molecule has 0 spiro atoms. The Morgan fingerprint density at radius 2 is 1.90 bits per heavy atom. The maximum absolute atomic E-state index is 12.9. The van der Waals surface area contributed by atoms with Gasteiger partial charge in [-0.1, -0.05) is 49.7 Å². The second-order valence-corrected chi connectivity index (χ2v) is 9.16. The average Bonchev–Trinajstić information content (AvgIpc) is 3.38. The zero-order chi connectivity index (χ0) is 21.4. The van der Waals surface area contributed by atoms with Crippen LogP contribution >= 0.6 is 22.7 Å². The van der Waals surface area contributed by atoms with Gasteiger partial charge >= 0.3 is 0 Å². The summed E-state index contributed by atoms with van der Waals surface area (Å²) < 4.78 is 0. The molecule has 3 aromatic heterocycles. The number of nitrogens with zero attached hydrogens (tertiary/aromatic N) is 2. The number of nitrogens with two attached hydrogens (primary N) is 1. The number of pyridine rings is 1. The number of hydrogen-bond donors (Lipinski definition) is 2. The Balaban J connectivity index is 1.39. The zero-order valence-electron chi connectivity index (χ0n) is 16.9. The minimum Gasteiger partial charge on any atom is -0.397 e. The number of thiophene rings is 1. The van der Waals surface area contributed by atoms with E-state index in [4.69, 9.17) is 5.73 Å². The van der Waals surface area contributed by atoms with Gasteiger partial charge in [0.15, 0.2) is 5.13 Å². The van der Waals surface area contributed by atoms with Crippen LogP contribution in [-0.2, 0) is 6.42 Å². The first-order valence-electron chi connectivity index (χ1n) is 10.1. The molecule has 1 amide bonds. The summed E-state index contributed by atoms with van der Waals surface area (Å²) in [5.41, 5.74) is 9.60. The van der Waals surface area contributed by atoms with Crippen molar-refractivity contribution in [3.05, 3.63) is 70.5 Å². The number of aromatic nitrogens is 2. The summed E-state index contributed by atoms with van der Waals surface area (Å²) in [5.74, 6) is -0.253. The summed E-state index contributed by atoms with van der Waals surface area (Å²) in [6.45, 7) is 2.12. The fraction of sp³-hybridized carbons (Fsp3) is 0.125. The lowest BCUT2D eigenvalue weighted by Gasteiger charge is -2.02. The Kier molecular flexibility index (Phi) is 5.13. The number of hydrogen-bond acceptors (Lipinski definition) is 6. The molecule has 0 unspecified atom stereocenters. The predicted octanol–water partition coefficient (Wildman–Crippen LogP) is 6.36. The number of nitrogen functional groups attached to an aromatic ring is 1. The van der Waals surface area contributed by atoms with E-state index in [9.17, 15) is 4.79 Å².